The second-order valence-electron chi connectivity index (χ2n) is 6.31. The molecule has 3 rings (SSSR count). The number of rotatable bonds is 3. The number of carbonyl (C=O) groups is 1. The molecule has 24 heavy (non-hydrogen) atoms. The van der Waals surface area contributed by atoms with Crippen molar-refractivity contribution in [2.24, 2.45) is 7.05 Å². The van der Waals surface area contributed by atoms with Gasteiger partial charge in [-0.1, -0.05) is 18.2 Å². The Morgan fingerprint density at radius 3 is 2.54 bits per heavy atom. The van der Waals surface area contributed by atoms with Gasteiger partial charge >= 0.3 is 0 Å². The topological polar surface area (TPSA) is 45.6 Å². The largest absolute Gasteiger partial charge is 0.339 e. The first-order valence-corrected chi connectivity index (χ1v) is 8.64. The van der Waals surface area contributed by atoms with E-state index in [1.807, 2.05) is 37.4 Å². The fourth-order valence-electron chi connectivity index (χ4n) is 3.22. The molecular formula is C18H22ClN3O2. The summed E-state index contributed by atoms with van der Waals surface area (Å²) < 4.78 is 1.71. The quantitative estimate of drug-likeness (QED) is 0.795. The van der Waals surface area contributed by atoms with E-state index in [0.29, 0.717) is 19.6 Å². The van der Waals surface area contributed by atoms with Crippen LogP contribution < -0.4 is 5.56 Å². The number of carbonyl (C=O) groups excluding carboxylic acids is 1. The van der Waals surface area contributed by atoms with Gasteiger partial charge in [-0.05, 0) is 24.4 Å². The first-order chi connectivity index (χ1) is 11.5. The normalized spacial score (nSPS) is 17.2. The first-order valence-electron chi connectivity index (χ1n) is 8.20. The van der Waals surface area contributed by atoms with E-state index in [4.69, 9.17) is 11.6 Å². The number of aryl methyl sites for hydroxylation is 1. The van der Waals surface area contributed by atoms with Gasteiger partial charge in [-0.25, -0.2) is 0 Å². The van der Waals surface area contributed by atoms with E-state index in [9.17, 15) is 9.59 Å². The highest BCUT2D eigenvalue weighted by Crippen LogP contribution is 2.15. The molecule has 1 saturated heterocycles. The summed E-state index contributed by atoms with van der Waals surface area (Å²) in [6.45, 7) is 5.13. The van der Waals surface area contributed by atoms with Crippen LogP contribution in [0.5, 0.6) is 0 Å². The number of para-hydroxylation sites is 1. The molecule has 5 nitrogen and oxygen atoms in total. The molecule has 1 fully saturated rings. The number of hydrogen-bond acceptors (Lipinski definition) is 3. The predicted octanol–water partition coefficient (Wildman–Crippen LogP) is 1.81. The van der Waals surface area contributed by atoms with Gasteiger partial charge in [0.25, 0.3) is 5.56 Å². The van der Waals surface area contributed by atoms with Crippen LogP contribution in [0.1, 0.15) is 12.5 Å². The zero-order valence-electron chi connectivity index (χ0n) is 14.0. The number of hydrogen-bond donors (Lipinski definition) is 0. The maximum Gasteiger partial charge on any atom is 0.255 e. The standard InChI is InChI=1S/C18H22ClN3O2/c1-13(19)17(23)22-9-7-21(8-10-22)12-15-11-14-5-3-4-6-16(14)20(2)18(15)24/h3-6,11,13H,7-10,12H2,1-2H3. The lowest BCUT2D eigenvalue weighted by Gasteiger charge is -2.35. The van der Waals surface area contributed by atoms with E-state index in [1.54, 1.807) is 16.4 Å². The molecule has 1 aromatic heterocycles. The maximum atomic E-state index is 12.6. The number of pyridine rings is 1. The Hall–Kier alpha value is -1.85. The van der Waals surface area contributed by atoms with Crippen LogP contribution in [0.4, 0.5) is 0 Å². The smallest absolute Gasteiger partial charge is 0.255 e. The van der Waals surface area contributed by atoms with Crippen molar-refractivity contribution in [1.82, 2.24) is 14.4 Å². The zero-order chi connectivity index (χ0) is 17.3. The highest BCUT2D eigenvalue weighted by Gasteiger charge is 2.24. The van der Waals surface area contributed by atoms with E-state index in [0.717, 1.165) is 29.6 Å². The van der Waals surface area contributed by atoms with Crippen molar-refractivity contribution in [2.75, 3.05) is 26.2 Å². The maximum absolute atomic E-state index is 12.6. The molecule has 1 amide bonds. The van der Waals surface area contributed by atoms with Crippen LogP contribution >= 0.6 is 11.6 Å². The number of fused-ring (bicyclic) bond motifs is 1. The van der Waals surface area contributed by atoms with Gasteiger partial charge in [0.05, 0.1) is 5.52 Å². The van der Waals surface area contributed by atoms with Crippen LogP contribution in [-0.2, 0) is 18.4 Å². The Labute approximate surface area is 146 Å². The van der Waals surface area contributed by atoms with E-state index < -0.39 is 5.38 Å². The van der Waals surface area contributed by atoms with E-state index in [1.165, 1.54) is 0 Å². The lowest BCUT2D eigenvalue weighted by molar-refractivity contribution is -0.132. The first kappa shape index (κ1) is 17.0. The zero-order valence-corrected chi connectivity index (χ0v) is 14.8. The van der Waals surface area contributed by atoms with Gasteiger partial charge < -0.3 is 9.47 Å². The van der Waals surface area contributed by atoms with Crippen molar-refractivity contribution in [3.05, 3.63) is 46.2 Å². The van der Waals surface area contributed by atoms with E-state index in [-0.39, 0.29) is 11.5 Å². The summed E-state index contributed by atoms with van der Waals surface area (Å²) in [5.41, 5.74) is 1.78. The summed E-state index contributed by atoms with van der Waals surface area (Å²) in [7, 11) is 1.81. The fraction of sp³-hybridized carbons (Fsp3) is 0.444. The third kappa shape index (κ3) is 3.32. The molecule has 1 aromatic carbocycles. The third-order valence-electron chi connectivity index (χ3n) is 4.63. The Kier molecular flexibility index (Phi) is 4.92. The van der Waals surface area contributed by atoms with Gasteiger partial charge in [0.1, 0.15) is 5.38 Å². The average Bonchev–Trinajstić information content (AvgIpc) is 2.59. The van der Waals surface area contributed by atoms with Gasteiger partial charge in [0, 0.05) is 45.3 Å². The van der Waals surface area contributed by atoms with Crippen LogP contribution in [0.15, 0.2) is 35.1 Å². The molecule has 0 spiro atoms. The van der Waals surface area contributed by atoms with Crippen LogP contribution in [0, 0.1) is 0 Å². The minimum absolute atomic E-state index is 0.0158. The Balaban J connectivity index is 1.74. The van der Waals surface area contributed by atoms with Gasteiger partial charge in [-0.2, -0.15) is 0 Å². The number of alkyl halides is 1. The summed E-state index contributed by atoms with van der Waals surface area (Å²) in [5, 5.41) is 0.587. The second kappa shape index (κ2) is 6.95. The van der Waals surface area contributed by atoms with E-state index in [2.05, 4.69) is 4.90 Å². The second-order valence-corrected chi connectivity index (χ2v) is 6.96. The molecule has 0 aliphatic carbocycles. The van der Waals surface area contributed by atoms with Crippen molar-refractivity contribution in [2.45, 2.75) is 18.8 Å². The van der Waals surface area contributed by atoms with Gasteiger partial charge in [0.2, 0.25) is 5.91 Å². The van der Waals surface area contributed by atoms with E-state index >= 15 is 0 Å². The molecule has 6 heteroatoms. The highest BCUT2D eigenvalue weighted by molar-refractivity contribution is 6.30. The average molecular weight is 348 g/mol. The number of halogens is 1. The van der Waals surface area contributed by atoms with Crippen LogP contribution in [-0.4, -0.2) is 51.8 Å². The molecule has 0 bridgehead atoms. The monoisotopic (exact) mass is 347 g/mol. The molecule has 2 aromatic rings. The van der Waals surface area contributed by atoms with Gasteiger partial charge in [-0.15, -0.1) is 11.6 Å². The fourth-order valence-corrected chi connectivity index (χ4v) is 3.36. The SMILES string of the molecule is CC(Cl)C(=O)N1CCN(Cc2cc3ccccc3n(C)c2=O)CC1. The van der Waals surface area contributed by atoms with Gasteiger partial charge in [0.15, 0.2) is 0 Å². The van der Waals surface area contributed by atoms with Crippen LogP contribution in [0.3, 0.4) is 0 Å². The predicted molar refractivity (Wildman–Crippen MR) is 96.4 cm³/mol. The van der Waals surface area contributed by atoms with Crippen molar-refractivity contribution in [3.8, 4) is 0 Å². The molecule has 0 N–H and O–H groups in total. The molecule has 2 heterocycles. The number of amides is 1. The molecule has 0 radical (unpaired) electrons. The molecule has 1 unspecified atom stereocenters. The number of benzene rings is 1. The number of nitrogens with zero attached hydrogens (tertiary/aromatic N) is 3. The molecule has 1 atom stereocenters. The minimum atomic E-state index is -0.482. The lowest BCUT2D eigenvalue weighted by Crippen LogP contribution is -2.50. The van der Waals surface area contributed by atoms with Crippen LogP contribution in [0.2, 0.25) is 0 Å². The molecule has 1 aliphatic heterocycles. The number of aromatic nitrogens is 1. The summed E-state index contributed by atoms with van der Waals surface area (Å²) in [6, 6.07) is 9.88. The summed E-state index contributed by atoms with van der Waals surface area (Å²) in [4.78, 5) is 28.5. The minimum Gasteiger partial charge on any atom is -0.339 e. The van der Waals surface area contributed by atoms with Crippen molar-refractivity contribution in [3.63, 3.8) is 0 Å². The van der Waals surface area contributed by atoms with Crippen molar-refractivity contribution in [1.29, 1.82) is 0 Å². The summed E-state index contributed by atoms with van der Waals surface area (Å²) in [5.74, 6) is -0.0158. The Morgan fingerprint density at radius 1 is 1.21 bits per heavy atom. The number of piperazine rings is 1. The molecule has 128 valence electrons. The molecule has 0 saturated carbocycles. The summed E-state index contributed by atoms with van der Waals surface area (Å²) >= 11 is 5.87. The van der Waals surface area contributed by atoms with Crippen LogP contribution in [0.25, 0.3) is 10.9 Å². The van der Waals surface area contributed by atoms with Crippen molar-refractivity contribution < 1.29 is 4.79 Å². The molecular weight excluding hydrogens is 326 g/mol. The lowest BCUT2D eigenvalue weighted by atomic mass is 10.1. The third-order valence-corrected chi connectivity index (χ3v) is 4.81. The Morgan fingerprint density at radius 2 is 1.88 bits per heavy atom. The highest BCUT2D eigenvalue weighted by atomic mass is 35.5. The summed E-state index contributed by atoms with van der Waals surface area (Å²) in [6.07, 6.45) is 0. The van der Waals surface area contributed by atoms with Gasteiger partial charge in [-0.3, -0.25) is 14.5 Å². The van der Waals surface area contributed by atoms with Crippen molar-refractivity contribution >= 4 is 28.4 Å². The molecule has 1 aliphatic rings. The Bertz CT molecular complexity index is 808.